The lowest BCUT2D eigenvalue weighted by Crippen LogP contribution is -2.45. The zero-order valence-corrected chi connectivity index (χ0v) is 11.6. The van der Waals surface area contributed by atoms with Gasteiger partial charge in [0.2, 0.25) is 0 Å². The molecule has 1 saturated carbocycles. The SMILES string of the molecule is CC1CCCC(N)(Cc2ccnc3ccccc23)C1. The third-order valence-electron chi connectivity index (χ3n) is 4.41. The van der Waals surface area contributed by atoms with Crippen molar-refractivity contribution in [2.45, 2.75) is 44.6 Å². The molecule has 0 aliphatic heterocycles. The van der Waals surface area contributed by atoms with Gasteiger partial charge in [-0.2, -0.15) is 0 Å². The van der Waals surface area contributed by atoms with E-state index in [9.17, 15) is 0 Å². The second kappa shape index (κ2) is 4.93. The van der Waals surface area contributed by atoms with E-state index in [2.05, 4.69) is 36.2 Å². The molecule has 1 fully saturated rings. The maximum absolute atomic E-state index is 6.65. The van der Waals surface area contributed by atoms with Crippen LogP contribution in [0, 0.1) is 5.92 Å². The Morgan fingerprint density at radius 2 is 2.16 bits per heavy atom. The van der Waals surface area contributed by atoms with Crippen molar-refractivity contribution in [1.82, 2.24) is 4.98 Å². The third-order valence-corrected chi connectivity index (χ3v) is 4.41. The highest BCUT2D eigenvalue weighted by Crippen LogP contribution is 2.34. The van der Waals surface area contributed by atoms with Crippen molar-refractivity contribution < 1.29 is 0 Å². The van der Waals surface area contributed by atoms with Crippen LogP contribution < -0.4 is 5.73 Å². The van der Waals surface area contributed by atoms with E-state index in [0.29, 0.717) is 0 Å². The van der Waals surface area contributed by atoms with Gasteiger partial charge in [-0.15, -0.1) is 0 Å². The number of hydrogen-bond donors (Lipinski definition) is 1. The van der Waals surface area contributed by atoms with E-state index in [4.69, 9.17) is 5.73 Å². The molecule has 0 saturated heterocycles. The van der Waals surface area contributed by atoms with Gasteiger partial charge in [-0.1, -0.05) is 38.0 Å². The second-order valence-electron chi connectivity index (χ2n) is 6.23. The van der Waals surface area contributed by atoms with Crippen LogP contribution in [-0.2, 0) is 6.42 Å². The summed E-state index contributed by atoms with van der Waals surface area (Å²) in [6.07, 6.45) is 7.77. The summed E-state index contributed by atoms with van der Waals surface area (Å²) in [6, 6.07) is 10.5. The Kier molecular flexibility index (Phi) is 3.28. The van der Waals surface area contributed by atoms with Crippen molar-refractivity contribution in [1.29, 1.82) is 0 Å². The zero-order valence-electron chi connectivity index (χ0n) is 11.6. The molecule has 2 N–H and O–H groups in total. The highest BCUT2D eigenvalue weighted by molar-refractivity contribution is 5.81. The topological polar surface area (TPSA) is 38.9 Å². The molecule has 0 spiro atoms. The summed E-state index contributed by atoms with van der Waals surface area (Å²) in [5.41, 5.74) is 9.05. The van der Waals surface area contributed by atoms with Gasteiger partial charge in [0.15, 0.2) is 0 Å². The minimum atomic E-state index is -0.0260. The van der Waals surface area contributed by atoms with Gasteiger partial charge in [0.1, 0.15) is 0 Å². The van der Waals surface area contributed by atoms with Crippen molar-refractivity contribution in [3.8, 4) is 0 Å². The van der Waals surface area contributed by atoms with Gasteiger partial charge in [-0.25, -0.2) is 0 Å². The van der Waals surface area contributed by atoms with Crippen LogP contribution in [-0.4, -0.2) is 10.5 Å². The minimum Gasteiger partial charge on any atom is -0.325 e. The lowest BCUT2D eigenvalue weighted by Gasteiger charge is -2.37. The number of rotatable bonds is 2. The van der Waals surface area contributed by atoms with Gasteiger partial charge in [0.05, 0.1) is 5.52 Å². The van der Waals surface area contributed by atoms with E-state index in [1.165, 1.54) is 23.8 Å². The lowest BCUT2D eigenvalue weighted by molar-refractivity contribution is 0.235. The molecule has 0 amide bonds. The molecule has 1 aromatic heterocycles. The molecule has 0 bridgehead atoms. The normalized spacial score (nSPS) is 27.6. The Bertz CT molecular complexity index is 573. The van der Waals surface area contributed by atoms with Crippen molar-refractivity contribution >= 4 is 10.9 Å². The Morgan fingerprint density at radius 1 is 1.32 bits per heavy atom. The Labute approximate surface area is 115 Å². The van der Waals surface area contributed by atoms with Gasteiger partial charge in [-0.3, -0.25) is 4.98 Å². The molecule has 1 aliphatic carbocycles. The summed E-state index contributed by atoms with van der Waals surface area (Å²) in [5, 5.41) is 1.26. The average molecular weight is 254 g/mol. The first-order valence-electron chi connectivity index (χ1n) is 7.28. The second-order valence-corrected chi connectivity index (χ2v) is 6.23. The summed E-state index contributed by atoms with van der Waals surface area (Å²) < 4.78 is 0. The first-order valence-corrected chi connectivity index (χ1v) is 7.28. The van der Waals surface area contributed by atoms with E-state index < -0.39 is 0 Å². The monoisotopic (exact) mass is 254 g/mol. The molecule has 0 radical (unpaired) electrons. The van der Waals surface area contributed by atoms with Crippen LogP contribution in [0.15, 0.2) is 36.5 Å². The predicted octanol–water partition coefficient (Wildman–Crippen LogP) is 3.68. The average Bonchev–Trinajstić information content (AvgIpc) is 2.38. The maximum atomic E-state index is 6.65. The first kappa shape index (κ1) is 12.6. The van der Waals surface area contributed by atoms with E-state index in [-0.39, 0.29) is 5.54 Å². The maximum Gasteiger partial charge on any atom is 0.0704 e. The highest BCUT2D eigenvalue weighted by atomic mass is 14.7. The smallest absolute Gasteiger partial charge is 0.0704 e. The van der Waals surface area contributed by atoms with Crippen LogP contribution in [0.3, 0.4) is 0 Å². The molecule has 1 aliphatic rings. The van der Waals surface area contributed by atoms with Crippen LogP contribution in [0.2, 0.25) is 0 Å². The fourth-order valence-electron chi connectivity index (χ4n) is 3.55. The standard InChI is InChI=1S/C17H22N2/c1-13-5-4-9-17(18,11-13)12-14-8-10-19-16-7-3-2-6-15(14)16/h2-3,6-8,10,13H,4-5,9,11-12,18H2,1H3. The third kappa shape index (κ3) is 2.64. The summed E-state index contributed by atoms with van der Waals surface area (Å²) in [7, 11) is 0. The summed E-state index contributed by atoms with van der Waals surface area (Å²) >= 11 is 0. The molecule has 1 aromatic carbocycles. The molecule has 2 nitrogen and oxygen atoms in total. The van der Waals surface area contributed by atoms with Crippen LogP contribution in [0.25, 0.3) is 10.9 Å². The molecule has 100 valence electrons. The van der Waals surface area contributed by atoms with E-state index >= 15 is 0 Å². The number of aromatic nitrogens is 1. The van der Waals surface area contributed by atoms with Crippen LogP contribution in [0.5, 0.6) is 0 Å². The lowest BCUT2D eigenvalue weighted by atomic mass is 9.74. The van der Waals surface area contributed by atoms with Gasteiger partial charge >= 0.3 is 0 Å². The molecular weight excluding hydrogens is 232 g/mol. The van der Waals surface area contributed by atoms with Crippen molar-refractivity contribution in [2.24, 2.45) is 11.7 Å². The molecule has 2 atom stereocenters. The predicted molar refractivity (Wildman–Crippen MR) is 80.0 cm³/mol. The molecule has 2 aromatic rings. The van der Waals surface area contributed by atoms with Gasteiger partial charge in [0.25, 0.3) is 0 Å². The molecule has 1 heterocycles. The fraction of sp³-hybridized carbons (Fsp3) is 0.471. The fourth-order valence-corrected chi connectivity index (χ4v) is 3.55. The Balaban J connectivity index is 1.92. The zero-order chi connectivity index (χ0) is 13.3. The van der Waals surface area contributed by atoms with E-state index in [0.717, 1.165) is 30.7 Å². The number of fused-ring (bicyclic) bond motifs is 1. The Hall–Kier alpha value is -1.41. The van der Waals surface area contributed by atoms with Crippen LogP contribution in [0.4, 0.5) is 0 Å². The Morgan fingerprint density at radius 3 is 3.00 bits per heavy atom. The summed E-state index contributed by atoms with van der Waals surface area (Å²) in [4.78, 5) is 4.43. The molecular formula is C17H22N2. The molecule has 2 heteroatoms. The number of pyridine rings is 1. The van der Waals surface area contributed by atoms with E-state index in [1.807, 2.05) is 12.3 Å². The van der Waals surface area contributed by atoms with Gasteiger partial charge in [0, 0.05) is 17.1 Å². The largest absolute Gasteiger partial charge is 0.325 e. The van der Waals surface area contributed by atoms with Crippen molar-refractivity contribution in [3.63, 3.8) is 0 Å². The summed E-state index contributed by atoms with van der Waals surface area (Å²) in [6.45, 7) is 2.32. The van der Waals surface area contributed by atoms with Crippen LogP contribution in [0.1, 0.15) is 38.2 Å². The number of benzene rings is 1. The van der Waals surface area contributed by atoms with Gasteiger partial charge in [-0.05, 0) is 42.9 Å². The van der Waals surface area contributed by atoms with Crippen LogP contribution >= 0.6 is 0 Å². The highest BCUT2D eigenvalue weighted by Gasteiger charge is 2.31. The van der Waals surface area contributed by atoms with Gasteiger partial charge < -0.3 is 5.73 Å². The number of hydrogen-bond acceptors (Lipinski definition) is 2. The quantitative estimate of drug-likeness (QED) is 0.887. The molecule has 19 heavy (non-hydrogen) atoms. The van der Waals surface area contributed by atoms with Crippen molar-refractivity contribution in [3.05, 3.63) is 42.1 Å². The number of nitrogens with zero attached hydrogens (tertiary/aromatic N) is 1. The first-order chi connectivity index (χ1) is 9.16. The van der Waals surface area contributed by atoms with E-state index in [1.54, 1.807) is 0 Å². The van der Waals surface area contributed by atoms with Crippen molar-refractivity contribution in [2.75, 3.05) is 0 Å². The number of nitrogens with two attached hydrogens (primary N) is 1. The molecule has 3 rings (SSSR count). The molecule has 2 unspecified atom stereocenters. The number of para-hydroxylation sites is 1. The minimum absolute atomic E-state index is 0.0260. The summed E-state index contributed by atoms with van der Waals surface area (Å²) in [5.74, 6) is 0.756.